The van der Waals surface area contributed by atoms with Gasteiger partial charge in [0.15, 0.2) is 0 Å². The topological polar surface area (TPSA) is 17.1 Å². The molecule has 0 spiro atoms. The van der Waals surface area contributed by atoms with E-state index in [1.165, 1.54) is 10.5 Å². The molecule has 0 fully saturated rings. The number of rotatable bonds is 3. The lowest BCUT2D eigenvalue weighted by Gasteiger charge is -1.99. The number of carbonyl (C=O) groups excluding carboxylic acids is 1. The Morgan fingerprint density at radius 3 is 2.00 bits per heavy atom. The second-order valence-corrected chi connectivity index (χ2v) is 3.74. The maximum atomic E-state index is 10.5. The van der Waals surface area contributed by atoms with E-state index in [2.05, 4.69) is 13.8 Å². The van der Waals surface area contributed by atoms with Crippen LogP contribution in [0.25, 0.3) is 0 Å². The third kappa shape index (κ3) is 4.62. The van der Waals surface area contributed by atoms with E-state index in [0.29, 0.717) is 5.75 Å². The highest BCUT2D eigenvalue weighted by atomic mass is 32.2. The average Bonchev–Trinajstić information content (AvgIpc) is 1.82. The lowest BCUT2D eigenvalue weighted by Crippen LogP contribution is -1.92. The summed E-state index contributed by atoms with van der Waals surface area (Å²) in [7, 11) is 0. The molecule has 0 aromatic carbocycles. The summed E-state index contributed by atoms with van der Waals surface area (Å²) in [5, 5.41) is 0. The van der Waals surface area contributed by atoms with Crippen molar-refractivity contribution in [3.8, 4) is 0 Å². The van der Waals surface area contributed by atoms with E-state index in [9.17, 15) is 4.79 Å². The molecule has 0 aromatic heterocycles. The molecule has 0 N–H and O–H groups in total. The number of allylic oxidation sites excluding steroid dienone is 2. The third-order valence-corrected chi connectivity index (χ3v) is 2.59. The standard InChI is InChI=1S/C8H14OS/c1-6(2)8(4)10-5-7(3)9/h5H2,1-4H3. The van der Waals surface area contributed by atoms with Crippen molar-refractivity contribution in [2.24, 2.45) is 0 Å². The first-order chi connectivity index (χ1) is 4.54. The average molecular weight is 158 g/mol. The summed E-state index contributed by atoms with van der Waals surface area (Å²) >= 11 is 1.62. The van der Waals surface area contributed by atoms with Crippen LogP contribution < -0.4 is 0 Å². The highest BCUT2D eigenvalue weighted by Crippen LogP contribution is 2.17. The van der Waals surface area contributed by atoms with Crippen LogP contribution in [0, 0.1) is 0 Å². The van der Waals surface area contributed by atoms with E-state index in [0.717, 1.165) is 0 Å². The van der Waals surface area contributed by atoms with Crippen LogP contribution in [0.2, 0.25) is 0 Å². The van der Waals surface area contributed by atoms with Gasteiger partial charge in [0, 0.05) is 0 Å². The summed E-state index contributed by atoms with van der Waals surface area (Å²) in [4.78, 5) is 11.8. The van der Waals surface area contributed by atoms with E-state index in [4.69, 9.17) is 0 Å². The molecule has 0 atom stereocenters. The summed E-state index contributed by atoms with van der Waals surface area (Å²) < 4.78 is 0. The first-order valence-corrected chi connectivity index (χ1v) is 4.29. The lowest BCUT2D eigenvalue weighted by molar-refractivity contribution is -0.114. The number of thioether (sulfide) groups is 1. The highest BCUT2D eigenvalue weighted by molar-refractivity contribution is 8.03. The zero-order valence-corrected chi connectivity index (χ0v) is 7.84. The summed E-state index contributed by atoms with van der Waals surface area (Å²) in [5.41, 5.74) is 1.30. The van der Waals surface area contributed by atoms with Gasteiger partial charge in [-0.2, -0.15) is 0 Å². The van der Waals surface area contributed by atoms with Gasteiger partial charge in [-0.1, -0.05) is 5.57 Å². The summed E-state index contributed by atoms with van der Waals surface area (Å²) in [6.07, 6.45) is 0. The Bertz CT molecular complexity index is 155. The van der Waals surface area contributed by atoms with E-state index >= 15 is 0 Å². The molecule has 0 saturated heterocycles. The van der Waals surface area contributed by atoms with Crippen molar-refractivity contribution in [3.63, 3.8) is 0 Å². The van der Waals surface area contributed by atoms with Crippen molar-refractivity contribution in [2.45, 2.75) is 27.7 Å². The molecule has 0 aromatic rings. The number of hydrogen-bond donors (Lipinski definition) is 0. The Morgan fingerprint density at radius 2 is 1.70 bits per heavy atom. The lowest BCUT2D eigenvalue weighted by atomic mass is 10.3. The maximum Gasteiger partial charge on any atom is 0.140 e. The second-order valence-electron chi connectivity index (χ2n) is 2.55. The third-order valence-electron chi connectivity index (χ3n) is 1.20. The van der Waals surface area contributed by atoms with Crippen LogP contribution in [-0.2, 0) is 4.79 Å². The summed E-state index contributed by atoms with van der Waals surface area (Å²) in [6, 6.07) is 0. The van der Waals surface area contributed by atoms with E-state index in [-0.39, 0.29) is 5.78 Å². The molecule has 0 radical (unpaired) electrons. The van der Waals surface area contributed by atoms with E-state index in [1.807, 2.05) is 6.92 Å². The van der Waals surface area contributed by atoms with E-state index in [1.54, 1.807) is 18.7 Å². The number of Topliss-reactive ketones (excluding diaryl/α,β-unsaturated/α-hetero) is 1. The van der Waals surface area contributed by atoms with Crippen molar-refractivity contribution in [2.75, 3.05) is 5.75 Å². The largest absolute Gasteiger partial charge is 0.299 e. The molecular formula is C8H14OS. The monoisotopic (exact) mass is 158 g/mol. The van der Waals surface area contributed by atoms with Gasteiger partial charge in [-0.3, -0.25) is 4.79 Å². The van der Waals surface area contributed by atoms with Crippen LogP contribution in [-0.4, -0.2) is 11.5 Å². The molecule has 0 saturated carbocycles. The van der Waals surface area contributed by atoms with Crippen LogP contribution in [0.5, 0.6) is 0 Å². The predicted octanol–water partition coefficient (Wildman–Crippen LogP) is 2.62. The molecule has 10 heavy (non-hydrogen) atoms. The fourth-order valence-corrected chi connectivity index (χ4v) is 1.06. The van der Waals surface area contributed by atoms with Crippen molar-refractivity contribution in [3.05, 3.63) is 10.5 Å². The van der Waals surface area contributed by atoms with Gasteiger partial charge in [-0.25, -0.2) is 0 Å². The fourth-order valence-electron chi connectivity index (χ4n) is 0.354. The SMILES string of the molecule is CC(=O)CSC(C)=C(C)C. The van der Waals surface area contributed by atoms with Crippen LogP contribution in [0.15, 0.2) is 10.5 Å². The Morgan fingerprint density at radius 1 is 1.20 bits per heavy atom. The molecule has 0 rings (SSSR count). The number of hydrogen-bond acceptors (Lipinski definition) is 2. The number of ketones is 1. The van der Waals surface area contributed by atoms with Crippen LogP contribution in [0.1, 0.15) is 27.7 Å². The minimum absolute atomic E-state index is 0.241. The molecule has 0 unspecified atom stereocenters. The Labute approximate surface area is 66.9 Å². The predicted molar refractivity (Wildman–Crippen MR) is 47.2 cm³/mol. The van der Waals surface area contributed by atoms with Crippen LogP contribution in [0.4, 0.5) is 0 Å². The molecule has 58 valence electrons. The Balaban J connectivity index is 3.71. The van der Waals surface area contributed by atoms with Gasteiger partial charge in [-0.05, 0) is 32.6 Å². The van der Waals surface area contributed by atoms with Crippen molar-refractivity contribution in [1.82, 2.24) is 0 Å². The Kier molecular flexibility index (Phi) is 4.45. The summed E-state index contributed by atoms with van der Waals surface area (Å²) in [6.45, 7) is 7.78. The molecule has 0 bridgehead atoms. The first kappa shape index (κ1) is 9.76. The zero-order valence-electron chi connectivity index (χ0n) is 7.02. The van der Waals surface area contributed by atoms with Gasteiger partial charge in [0.25, 0.3) is 0 Å². The molecular weight excluding hydrogens is 144 g/mol. The van der Waals surface area contributed by atoms with Gasteiger partial charge in [0.05, 0.1) is 5.75 Å². The fraction of sp³-hybridized carbons (Fsp3) is 0.625. The van der Waals surface area contributed by atoms with E-state index < -0.39 is 0 Å². The van der Waals surface area contributed by atoms with Gasteiger partial charge in [0.1, 0.15) is 5.78 Å². The minimum Gasteiger partial charge on any atom is -0.299 e. The minimum atomic E-state index is 0.241. The molecule has 1 nitrogen and oxygen atoms in total. The molecule has 0 aliphatic rings. The molecule has 0 heterocycles. The molecule has 0 aliphatic carbocycles. The molecule has 0 amide bonds. The highest BCUT2D eigenvalue weighted by Gasteiger charge is 1.95. The Hall–Kier alpha value is -0.240. The first-order valence-electron chi connectivity index (χ1n) is 3.30. The zero-order chi connectivity index (χ0) is 8.15. The smallest absolute Gasteiger partial charge is 0.140 e. The maximum absolute atomic E-state index is 10.5. The molecule has 2 heteroatoms. The summed E-state index contributed by atoms with van der Waals surface area (Å²) in [5.74, 6) is 0.849. The van der Waals surface area contributed by atoms with Crippen LogP contribution >= 0.6 is 11.8 Å². The quantitative estimate of drug-likeness (QED) is 0.628. The van der Waals surface area contributed by atoms with Crippen molar-refractivity contribution in [1.29, 1.82) is 0 Å². The normalized spacial score (nSPS) is 9.20. The number of carbonyl (C=O) groups is 1. The van der Waals surface area contributed by atoms with Gasteiger partial charge in [-0.15, -0.1) is 11.8 Å². The van der Waals surface area contributed by atoms with Gasteiger partial charge in [0.2, 0.25) is 0 Å². The second kappa shape index (κ2) is 4.56. The van der Waals surface area contributed by atoms with Crippen molar-refractivity contribution >= 4 is 17.5 Å². The van der Waals surface area contributed by atoms with Crippen LogP contribution in [0.3, 0.4) is 0 Å². The van der Waals surface area contributed by atoms with Gasteiger partial charge >= 0.3 is 0 Å². The van der Waals surface area contributed by atoms with Gasteiger partial charge < -0.3 is 0 Å². The molecule has 0 aliphatic heterocycles. The van der Waals surface area contributed by atoms with Crippen molar-refractivity contribution < 1.29 is 4.79 Å².